The lowest BCUT2D eigenvalue weighted by Crippen LogP contribution is -2.24. The van der Waals surface area contributed by atoms with Crippen molar-refractivity contribution < 1.29 is 9.72 Å². The molecule has 17 heavy (non-hydrogen) atoms. The van der Waals surface area contributed by atoms with Crippen LogP contribution in [0, 0.1) is 10.1 Å². The Morgan fingerprint density at radius 1 is 1.41 bits per heavy atom. The molecular formula is C10H14ClN3O3. The Morgan fingerprint density at radius 3 is 2.76 bits per heavy atom. The predicted octanol–water partition coefficient (Wildman–Crippen LogP) is 2.06. The van der Waals surface area contributed by atoms with Gasteiger partial charge in [-0.25, -0.2) is 4.98 Å². The highest BCUT2D eigenvalue weighted by atomic mass is 35.5. The van der Waals surface area contributed by atoms with Gasteiger partial charge in [-0.2, -0.15) is 0 Å². The Labute approximate surface area is 103 Å². The number of aromatic amines is 1. The standard InChI is InChI=1S/C10H14ClN3O3/c11-6-2-1-3-7-12-10(15)8-4-5-9(13-8)14(16)17/h4-5,13H,1-3,6-7H2,(H,12,15). The summed E-state index contributed by atoms with van der Waals surface area (Å²) in [6.07, 6.45) is 2.72. The maximum atomic E-state index is 11.5. The molecule has 0 saturated carbocycles. The lowest BCUT2D eigenvalue weighted by atomic mass is 10.2. The fourth-order valence-electron chi connectivity index (χ4n) is 1.32. The highest BCUT2D eigenvalue weighted by Crippen LogP contribution is 2.09. The number of carbonyl (C=O) groups is 1. The molecule has 1 aromatic rings. The van der Waals surface area contributed by atoms with Gasteiger partial charge < -0.3 is 15.4 Å². The maximum absolute atomic E-state index is 11.5. The van der Waals surface area contributed by atoms with Gasteiger partial charge in [0.05, 0.1) is 0 Å². The van der Waals surface area contributed by atoms with Gasteiger partial charge in [0, 0.05) is 18.5 Å². The average molecular weight is 260 g/mol. The summed E-state index contributed by atoms with van der Waals surface area (Å²) in [5.74, 6) is 0.109. The smallest absolute Gasteiger partial charge is 0.321 e. The number of aromatic nitrogens is 1. The van der Waals surface area contributed by atoms with E-state index in [1.54, 1.807) is 0 Å². The van der Waals surface area contributed by atoms with Crippen molar-refractivity contribution >= 4 is 23.3 Å². The maximum Gasteiger partial charge on any atom is 0.321 e. The quantitative estimate of drug-likeness (QED) is 0.340. The van der Waals surface area contributed by atoms with Crippen LogP contribution in [0.25, 0.3) is 0 Å². The van der Waals surface area contributed by atoms with Crippen LogP contribution in [0.3, 0.4) is 0 Å². The fourth-order valence-corrected chi connectivity index (χ4v) is 1.50. The summed E-state index contributed by atoms with van der Waals surface area (Å²) in [6, 6.07) is 2.66. The number of nitrogens with zero attached hydrogens (tertiary/aromatic N) is 1. The number of hydrogen-bond donors (Lipinski definition) is 2. The molecule has 0 aliphatic heterocycles. The van der Waals surface area contributed by atoms with Crippen LogP contribution in [0.4, 0.5) is 5.82 Å². The highest BCUT2D eigenvalue weighted by molar-refractivity contribution is 6.17. The molecule has 1 heterocycles. The molecule has 0 bridgehead atoms. The van der Waals surface area contributed by atoms with Crippen LogP contribution in [0.1, 0.15) is 29.8 Å². The number of unbranched alkanes of at least 4 members (excludes halogenated alkanes) is 2. The Balaban J connectivity index is 2.34. The molecule has 7 heteroatoms. The van der Waals surface area contributed by atoms with E-state index in [1.807, 2.05) is 0 Å². The Morgan fingerprint density at radius 2 is 2.18 bits per heavy atom. The monoisotopic (exact) mass is 259 g/mol. The summed E-state index contributed by atoms with van der Waals surface area (Å²) in [5.41, 5.74) is 0.203. The topological polar surface area (TPSA) is 88.0 Å². The van der Waals surface area contributed by atoms with Crippen molar-refractivity contribution in [3.8, 4) is 0 Å². The molecule has 0 atom stereocenters. The second-order valence-corrected chi connectivity index (χ2v) is 3.90. The number of halogens is 1. The second kappa shape index (κ2) is 6.90. The molecule has 0 spiro atoms. The highest BCUT2D eigenvalue weighted by Gasteiger charge is 2.14. The number of hydrogen-bond acceptors (Lipinski definition) is 3. The van der Waals surface area contributed by atoms with Crippen LogP contribution in [0.2, 0.25) is 0 Å². The third-order valence-corrected chi connectivity index (χ3v) is 2.48. The van der Waals surface area contributed by atoms with E-state index in [9.17, 15) is 14.9 Å². The van der Waals surface area contributed by atoms with Crippen molar-refractivity contribution in [2.75, 3.05) is 12.4 Å². The van der Waals surface area contributed by atoms with Gasteiger partial charge in [0.15, 0.2) is 5.69 Å². The molecule has 1 rings (SSSR count). The number of nitro groups is 1. The number of amides is 1. The van der Waals surface area contributed by atoms with Crippen LogP contribution in [0.15, 0.2) is 12.1 Å². The molecular weight excluding hydrogens is 246 g/mol. The van der Waals surface area contributed by atoms with E-state index in [0.29, 0.717) is 12.4 Å². The normalized spacial score (nSPS) is 10.2. The number of alkyl halides is 1. The molecule has 0 aromatic carbocycles. The minimum atomic E-state index is -0.572. The van der Waals surface area contributed by atoms with Gasteiger partial charge in [0.2, 0.25) is 0 Å². The van der Waals surface area contributed by atoms with Crippen molar-refractivity contribution in [1.29, 1.82) is 0 Å². The molecule has 0 radical (unpaired) electrons. The van der Waals surface area contributed by atoms with Crippen molar-refractivity contribution in [2.24, 2.45) is 0 Å². The summed E-state index contributed by atoms with van der Waals surface area (Å²) in [6.45, 7) is 0.544. The van der Waals surface area contributed by atoms with Crippen LogP contribution in [-0.2, 0) is 0 Å². The predicted molar refractivity (Wildman–Crippen MR) is 64.4 cm³/mol. The molecule has 0 aliphatic rings. The van der Waals surface area contributed by atoms with E-state index in [4.69, 9.17) is 11.6 Å². The molecule has 1 amide bonds. The van der Waals surface area contributed by atoms with Crippen LogP contribution >= 0.6 is 11.6 Å². The third kappa shape index (κ3) is 4.44. The molecule has 6 nitrogen and oxygen atoms in total. The van der Waals surface area contributed by atoms with Crippen molar-refractivity contribution in [1.82, 2.24) is 10.3 Å². The molecule has 94 valence electrons. The minimum absolute atomic E-state index is 0.183. The number of rotatable bonds is 7. The van der Waals surface area contributed by atoms with Gasteiger partial charge in [0.25, 0.3) is 5.91 Å². The zero-order valence-corrected chi connectivity index (χ0v) is 10.00. The van der Waals surface area contributed by atoms with Gasteiger partial charge in [-0.1, -0.05) is 6.42 Å². The largest absolute Gasteiger partial charge is 0.358 e. The Kier molecular flexibility index (Phi) is 5.48. The van der Waals surface area contributed by atoms with Crippen LogP contribution in [-0.4, -0.2) is 28.2 Å². The third-order valence-electron chi connectivity index (χ3n) is 2.21. The first kappa shape index (κ1) is 13.5. The van der Waals surface area contributed by atoms with E-state index < -0.39 is 4.92 Å². The number of H-pyrrole nitrogens is 1. The summed E-state index contributed by atoms with van der Waals surface area (Å²) in [4.78, 5) is 23.8. The van der Waals surface area contributed by atoms with Crippen LogP contribution in [0.5, 0.6) is 0 Å². The van der Waals surface area contributed by atoms with Gasteiger partial charge in [0.1, 0.15) is 0 Å². The number of carbonyl (C=O) groups excluding carboxylic acids is 1. The summed E-state index contributed by atoms with van der Waals surface area (Å²) in [7, 11) is 0. The first-order valence-corrected chi connectivity index (χ1v) is 5.86. The van der Waals surface area contributed by atoms with Crippen molar-refractivity contribution in [3.63, 3.8) is 0 Å². The van der Waals surface area contributed by atoms with E-state index in [0.717, 1.165) is 19.3 Å². The molecule has 2 N–H and O–H groups in total. The van der Waals surface area contributed by atoms with E-state index in [2.05, 4.69) is 10.3 Å². The van der Waals surface area contributed by atoms with Gasteiger partial charge in [-0.15, -0.1) is 11.6 Å². The van der Waals surface area contributed by atoms with Crippen molar-refractivity contribution in [2.45, 2.75) is 19.3 Å². The zero-order valence-electron chi connectivity index (χ0n) is 9.24. The summed E-state index contributed by atoms with van der Waals surface area (Å²) < 4.78 is 0. The molecule has 0 saturated heterocycles. The lowest BCUT2D eigenvalue weighted by Gasteiger charge is -2.01. The van der Waals surface area contributed by atoms with E-state index >= 15 is 0 Å². The van der Waals surface area contributed by atoms with Crippen LogP contribution < -0.4 is 5.32 Å². The molecule has 0 unspecified atom stereocenters. The molecule has 0 fully saturated rings. The first-order chi connectivity index (χ1) is 8.15. The fraction of sp³-hybridized carbons (Fsp3) is 0.500. The van der Waals surface area contributed by atoms with E-state index in [-0.39, 0.29) is 17.4 Å². The van der Waals surface area contributed by atoms with E-state index in [1.165, 1.54) is 12.1 Å². The minimum Gasteiger partial charge on any atom is -0.358 e. The lowest BCUT2D eigenvalue weighted by molar-refractivity contribution is -0.389. The Bertz CT molecular complexity index is 392. The first-order valence-electron chi connectivity index (χ1n) is 5.32. The molecule has 0 aliphatic carbocycles. The van der Waals surface area contributed by atoms with Gasteiger partial charge in [-0.05, 0) is 23.8 Å². The average Bonchev–Trinajstić information content (AvgIpc) is 2.78. The molecule has 1 aromatic heterocycles. The second-order valence-electron chi connectivity index (χ2n) is 3.52. The number of nitrogens with one attached hydrogen (secondary N) is 2. The van der Waals surface area contributed by atoms with Crippen molar-refractivity contribution in [3.05, 3.63) is 27.9 Å². The summed E-state index contributed by atoms with van der Waals surface area (Å²) >= 11 is 5.52. The Hall–Kier alpha value is -1.56. The summed E-state index contributed by atoms with van der Waals surface area (Å²) in [5, 5.41) is 13.1. The van der Waals surface area contributed by atoms with Gasteiger partial charge in [-0.3, -0.25) is 4.79 Å². The zero-order chi connectivity index (χ0) is 12.7. The SMILES string of the molecule is O=C(NCCCCCCl)c1ccc([N+](=O)[O-])[nH]1. The van der Waals surface area contributed by atoms with Gasteiger partial charge >= 0.3 is 5.82 Å².